The van der Waals surface area contributed by atoms with Crippen LogP contribution >= 0.6 is 0 Å². The number of carboxylic acid groups (broad SMARTS) is 1. The first-order chi connectivity index (χ1) is 9.99. The highest BCUT2D eigenvalue weighted by atomic mass is 32.2. The third-order valence-corrected chi connectivity index (χ3v) is 5.18. The number of nitrogens with one attached hydrogen (secondary N) is 1. The molecule has 1 aliphatic rings. The summed E-state index contributed by atoms with van der Waals surface area (Å²) in [5.74, 6) is -1.23. The second kappa shape index (κ2) is 5.13. The van der Waals surface area contributed by atoms with Gasteiger partial charge in [0.25, 0.3) is 0 Å². The minimum atomic E-state index is -3.87. The average molecular weight is 305 g/mol. The van der Waals surface area contributed by atoms with E-state index in [-0.39, 0.29) is 10.8 Å². The number of sulfonamides is 1. The predicted molar refractivity (Wildman–Crippen MR) is 78.4 cm³/mol. The van der Waals surface area contributed by atoms with Crippen molar-refractivity contribution in [2.24, 2.45) is 5.92 Å². The summed E-state index contributed by atoms with van der Waals surface area (Å²) in [6.07, 6.45) is 1.49. The van der Waals surface area contributed by atoms with Crippen LogP contribution in [-0.4, -0.2) is 25.5 Å². The molecule has 5 nitrogen and oxygen atoms in total. The van der Waals surface area contributed by atoms with Gasteiger partial charge in [-0.1, -0.05) is 36.4 Å². The van der Waals surface area contributed by atoms with Gasteiger partial charge in [-0.05, 0) is 30.2 Å². The Hall–Kier alpha value is -1.92. The molecule has 0 aliphatic heterocycles. The molecule has 0 saturated heterocycles. The van der Waals surface area contributed by atoms with Gasteiger partial charge in [0, 0.05) is 5.39 Å². The van der Waals surface area contributed by atoms with Crippen LogP contribution in [0.2, 0.25) is 0 Å². The van der Waals surface area contributed by atoms with E-state index in [0.29, 0.717) is 5.39 Å². The number of hydrogen-bond donors (Lipinski definition) is 2. The minimum absolute atomic E-state index is 0.104. The lowest BCUT2D eigenvalue weighted by molar-refractivity contribution is -0.139. The Labute approximate surface area is 122 Å². The quantitative estimate of drug-likeness (QED) is 0.884. The van der Waals surface area contributed by atoms with Crippen molar-refractivity contribution in [1.29, 1.82) is 0 Å². The van der Waals surface area contributed by atoms with E-state index in [1.165, 1.54) is 6.07 Å². The predicted octanol–water partition coefficient (Wildman–Crippen LogP) is 1.98. The van der Waals surface area contributed by atoms with Crippen LogP contribution in [0.5, 0.6) is 0 Å². The highest BCUT2D eigenvalue weighted by Crippen LogP contribution is 2.34. The van der Waals surface area contributed by atoms with Crippen molar-refractivity contribution in [3.8, 4) is 0 Å². The Morgan fingerprint density at radius 1 is 1.14 bits per heavy atom. The molecule has 21 heavy (non-hydrogen) atoms. The maximum absolute atomic E-state index is 12.5. The summed E-state index contributed by atoms with van der Waals surface area (Å²) < 4.78 is 27.4. The Morgan fingerprint density at radius 3 is 2.48 bits per heavy atom. The zero-order chi connectivity index (χ0) is 15.0. The van der Waals surface area contributed by atoms with E-state index in [1.807, 2.05) is 18.2 Å². The normalized spacial score (nSPS) is 16.8. The van der Waals surface area contributed by atoms with E-state index >= 15 is 0 Å². The van der Waals surface area contributed by atoms with Gasteiger partial charge in [-0.25, -0.2) is 8.42 Å². The molecule has 0 spiro atoms. The summed E-state index contributed by atoms with van der Waals surface area (Å²) in [6, 6.07) is 11.1. The van der Waals surface area contributed by atoms with Gasteiger partial charge in [0.1, 0.15) is 6.04 Å². The second-order valence-electron chi connectivity index (χ2n) is 5.25. The van der Waals surface area contributed by atoms with Crippen LogP contribution in [0.15, 0.2) is 47.4 Å². The Balaban J connectivity index is 2.02. The topological polar surface area (TPSA) is 83.5 Å². The molecule has 2 aromatic rings. The first-order valence-corrected chi connectivity index (χ1v) is 8.20. The molecule has 0 bridgehead atoms. The van der Waals surface area contributed by atoms with E-state index in [0.717, 1.165) is 18.2 Å². The molecule has 110 valence electrons. The summed E-state index contributed by atoms with van der Waals surface area (Å²) in [5.41, 5.74) is 0. The van der Waals surface area contributed by atoms with Crippen LogP contribution < -0.4 is 4.72 Å². The third kappa shape index (κ3) is 2.77. The highest BCUT2D eigenvalue weighted by Gasteiger charge is 2.39. The lowest BCUT2D eigenvalue weighted by atomic mass is 10.1. The number of hydrogen-bond acceptors (Lipinski definition) is 3. The van der Waals surface area contributed by atoms with E-state index < -0.39 is 22.0 Å². The van der Waals surface area contributed by atoms with Crippen molar-refractivity contribution < 1.29 is 18.3 Å². The van der Waals surface area contributed by atoms with Crippen LogP contribution in [-0.2, 0) is 14.8 Å². The fourth-order valence-corrected chi connectivity index (χ4v) is 3.93. The number of carbonyl (C=O) groups is 1. The lowest BCUT2D eigenvalue weighted by Crippen LogP contribution is -2.42. The van der Waals surface area contributed by atoms with Crippen molar-refractivity contribution in [2.75, 3.05) is 0 Å². The molecule has 1 atom stereocenters. The molecule has 0 amide bonds. The summed E-state index contributed by atoms with van der Waals surface area (Å²) in [7, 11) is -3.87. The molecular weight excluding hydrogens is 290 g/mol. The summed E-state index contributed by atoms with van der Waals surface area (Å²) in [5, 5.41) is 10.6. The zero-order valence-corrected chi connectivity index (χ0v) is 12.0. The lowest BCUT2D eigenvalue weighted by Gasteiger charge is -2.15. The molecule has 1 aliphatic carbocycles. The molecule has 3 rings (SSSR count). The van der Waals surface area contributed by atoms with Gasteiger partial charge in [0.2, 0.25) is 10.0 Å². The van der Waals surface area contributed by atoms with Gasteiger partial charge in [-0.3, -0.25) is 4.79 Å². The van der Waals surface area contributed by atoms with Crippen molar-refractivity contribution in [3.05, 3.63) is 42.5 Å². The molecule has 1 fully saturated rings. The molecule has 0 aromatic heterocycles. The third-order valence-electron chi connectivity index (χ3n) is 3.68. The Bertz CT molecular complexity index is 791. The summed E-state index contributed by atoms with van der Waals surface area (Å²) in [6.45, 7) is 0. The first kappa shape index (κ1) is 14.0. The highest BCUT2D eigenvalue weighted by molar-refractivity contribution is 7.89. The van der Waals surface area contributed by atoms with Crippen molar-refractivity contribution in [1.82, 2.24) is 4.72 Å². The smallest absolute Gasteiger partial charge is 0.322 e. The molecule has 1 unspecified atom stereocenters. The van der Waals surface area contributed by atoms with Gasteiger partial charge in [-0.2, -0.15) is 4.72 Å². The molecule has 2 N–H and O–H groups in total. The monoisotopic (exact) mass is 305 g/mol. The average Bonchev–Trinajstić information content (AvgIpc) is 3.28. The minimum Gasteiger partial charge on any atom is -0.480 e. The van der Waals surface area contributed by atoms with E-state index in [1.54, 1.807) is 18.2 Å². The van der Waals surface area contributed by atoms with Gasteiger partial charge in [0.05, 0.1) is 4.90 Å². The van der Waals surface area contributed by atoms with Crippen LogP contribution in [0.4, 0.5) is 0 Å². The maximum atomic E-state index is 12.5. The van der Waals surface area contributed by atoms with Crippen LogP contribution in [0.25, 0.3) is 10.8 Å². The molecule has 0 heterocycles. The molecule has 6 heteroatoms. The van der Waals surface area contributed by atoms with Gasteiger partial charge >= 0.3 is 5.97 Å². The standard InChI is InChI=1S/C15H15NO4S/c17-15(18)14(11-8-9-11)16-21(19,20)13-7-3-5-10-4-1-2-6-12(10)13/h1-7,11,14,16H,8-9H2,(H,17,18). The van der Waals surface area contributed by atoms with Crippen molar-refractivity contribution in [2.45, 2.75) is 23.8 Å². The molecule has 2 aromatic carbocycles. The second-order valence-corrected chi connectivity index (χ2v) is 6.93. The van der Waals surface area contributed by atoms with Gasteiger partial charge < -0.3 is 5.11 Å². The SMILES string of the molecule is O=C(O)C(NS(=O)(=O)c1cccc2ccccc12)C1CC1. The van der Waals surface area contributed by atoms with E-state index in [4.69, 9.17) is 0 Å². The number of fused-ring (bicyclic) bond motifs is 1. The summed E-state index contributed by atoms with van der Waals surface area (Å²) in [4.78, 5) is 11.3. The largest absolute Gasteiger partial charge is 0.480 e. The number of benzene rings is 2. The fourth-order valence-electron chi connectivity index (χ4n) is 2.44. The zero-order valence-electron chi connectivity index (χ0n) is 11.2. The van der Waals surface area contributed by atoms with Crippen LogP contribution in [0.1, 0.15) is 12.8 Å². The molecule has 1 saturated carbocycles. The maximum Gasteiger partial charge on any atom is 0.322 e. The van der Waals surface area contributed by atoms with E-state index in [9.17, 15) is 18.3 Å². The van der Waals surface area contributed by atoms with E-state index in [2.05, 4.69) is 4.72 Å². The fraction of sp³-hybridized carbons (Fsp3) is 0.267. The van der Waals surface area contributed by atoms with Crippen molar-refractivity contribution in [3.63, 3.8) is 0 Å². The van der Waals surface area contributed by atoms with Crippen molar-refractivity contribution >= 4 is 26.8 Å². The Kier molecular flexibility index (Phi) is 3.43. The number of carboxylic acids is 1. The van der Waals surface area contributed by atoms with Crippen LogP contribution in [0, 0.1) is 5.92 Å². The van der Waals surface area contributed by atoms with Gasteiger partial charge in [0.15, 0.2) is 0 Å². The van der Waals surface area contributed by atoms with Crippen LogP contribution in [0.3, 0.4) is 0 Å². The Morgan fingerprint density at radius 2 is 1.81 bits per heavy atom. The van der Waals surface area contributed by atoms with Gasteiger partial charge in [-0.15, -0.1) is 0 Å². The summed E-state index contributed by atoms with van der Waals surface area (Å²) >= 11 is 0. The molecular formula is C15H15NO4S. The number of aliphatic carboxylic acids is 1. The number of rotatable bonds is 5. The first-order valence-electron chi connectivity index (χ1n) is 6.72. The molecule has 0 radical (unpaired) electrons.